The predicted octanol–water partition coefficient (Wildman–Crippen LogP) is 3.79. The molecule has 0 aliphatic rings. The first-order valence-electron chi connectivity index (χ1n) is 6.50. The lowest BCUT2D eigenvalue weighted by Gasteiger charge is -2.17. The van der Waals surface area contributed by atoms with Crippen molar-refractivity contribution in [2.45, 2.75) is 26.4 Å². The van der Waals surface area contributed by atoms with Crippen molar-refractivity contribution in [2.75, 3.05) is 7.11 Å². The Morgan fingerprint density at radius 2 is 2.15 bits per heavy atom. The van der Waals surface area contributed by atoms with Gasteiger partial charge in [-0.15, -0.1) is 11.3 Å². The second kappa shape index (κ2) is 6.56. The van der Waals surface area contributed by atoms with E-state index in [0.717, 1.165) is 22.7 Å². The molecule has 1 aromatic carbocycles. The summed E-state index contributed by atoms with van der Waals surface area (Å²) in [5, 5.41) is 12.3. The van der Waals surface area contributed by atoms with Gasteiger partial charge in [0.05, 0.1) is 7.11 Å². The van der Waals surface area contributed by atoms with E-state index in [1.165, 1.54) is 21.8 Å². The van der Waals surface area contributed by atoms with E-state index in [9.17, 15) is 0 Å². The van der Waals surface area contributed by atoms with Crippen molar-refractivity contribution >= 4 is 11.3 Å². The van der Waals surface area contributed by atoms with E-state index in [2.05, 4.69) is 31.3 Å². The van der Waals surface area contributed by atoms with E-state index in [1.54, 1.807) is 7.11 Å². The molecule has 0 aliphatic heterocycles. The van der Waals surface area contributed by atoms with Gasteiger partial charge in [0.2, 0.25) is 0 Å². The molecule has 4 heteroatoms. The highest BCUT2D eigenvalue weighted by Crippen LogP contribution is 2.26. The average molecular weight is 286 g/mol. The number of methoxy groups -OCH3 is 1. The molecular weight excluding hydrogens is 268 g/mol. The molecule has 0 spiro atoms. The first-order valence-corrected chi connectivity index (χ1v) is 7.32. The SMILES string of the molecule is COc1ccc(C)cc1C(C)NCc1ccc(C#N)s1. The Balaban J connectivity index is 2.06. The molecule has 0 amide bonds. The summed E-state index contributed by atoms with van der Waals surface area (Å²) in [6.45, 7) is 4.95. The van der Waals surface area contributed by atoms with Gasteiger partial charge in [0, 0.05) is 23.0 Å². The van der Waals surface area contributed by atoms with E-state index in [-0.39, 0.29) is 6.04 Å². The number of nitriles is 1. The van der Waals surface area contributed by atoms with E-state index < -0.39 is 0 Å². The molecule has 1 atom stereocenters. The molecule has 3 nitrogen and oxygen atoms in total. The third kappa shape index (κ3) is 3.38. The lowest BCUT2D eigenvalue weighted by atomic mass is 10.0. The molecule has 2 aromatic rings. The summed E-state index contributed by atoms with van der Waals surface area (Å²) in [4.78, 5) is 1.92. The summed E-state index contributed by atoms with van der Waals surface area (Å²) >= 11 is 1.53. The first kappa shape index (κ1) is 14.6. The van der Waals surface area contributed by atoms with E-state index in [1.807, 2.05) is 24.3 Å². The van der Waals surface area contributed by atoms with Crippen molar-refractivity contribution in [1.29, 1.82) is 5.26 Å². The summed E-state index contributed by atoms with van der Waals surface area (Å²) in [7, 11) is 1.69. The minimum absolute atomic E-state index is 0.192. The monoisotopic (exact) mass is 286 g/mol. The van der Waals surface area contributed by atoms with Crippen molar-refractivity contribution in [3.8, 4) is 11.8 Å². The number of thiophene rings is 1. The maximum atomic E-state index is 8.83. The topological polar surface area (TPSA) is 45.0 Å². The zero-order valence-electron chi connectivity index (χ0n) is 11.9. The lowest BCUT2D eigenvalue weighted by molar-refractivity contribution is 0.401. The maximum absolute atomic E-state index is 8.83. The van der Waals surface area contributed by atoms with Crippen LogP contribution in [0.15, 0.2) is 30.3 Å². The summed E-state index contributed by atoms with van der Waals surface area (Å²) in [6.07, 6.45) is 0. The molecule has 104 valence electrons. The second-order valence-electron chi connectivity index (χ2n) is 4.73. The number of benzene rings is 1. The van der Waals surface area contributed by atoms with Crippen LogP contribution in [-0.2, 0) is 6.54 Å². The van der Waals surface area contributed by atoms with Gasteiger partial charge in [-0.05, 0) is 32.0 Å². The highest BCUT2D eigenvalue weighted by Gasteiger charge is 2.11. The van der Waals surface area contributed by atoms with Crippen molar-refractivity contribution in [1.82, 2.24) is 5.32 Å². The fourth-order valence-electron chi connectivity index (χ4n) is 2.09. The number of nitrogens with one attached hydrogen (secondary N) is 1. The highest BCUT2D eigenvalue weighted by atomic mass is 32.1. The van der Waals surface area contributed by atoms with Crippen molar-refractivity contribution in [2.24, 2.45) is 0 Å². The normalized spacial score (nSPS) is 11.9. The van der Waals surface area contributed by atoms with Gasteiger partial charge in [0.1, 0.15) is 16.7 Å². The van der Waals surface area contributed by atoms with Crippen molar-refractivity contribution in [3.63, 3.8) is 0 Å². The molecule has 1 unspecified atom stereocenters. The summed E-state index contributed by atoms with van der Waals surface area (Å²) in [5.41, 5.74) is 2.38. The third-order valence-electron chi connectivity index (χ3n) is 3.21. The fraction of sp³-hybridized carbons (Fsp3) is 0.312. The lowest BCUT2D eigenvalue weighted by Crippen LogP contribution is -2.18. The van der Waals surface area contributed by atoms with Crippen LogP contribution in [0.1, 0.15) is 33.8 Å². The fourth-order valence-corrected chi connectivity index (χ4v) is 2.84. The van der Waals surface area contributed by atoms with E-state index >= 15 is 0 Å². The Kier molecular flexibility index (Phi) is 4.78. The summed E-state index contributed by atoms with van der Waals surface area (Å²) in [5.74, 6) is 0.902. The largest absolute Gasteiger partial charge is 0.496 e. The van der Waals surface area contributed by atoms with Crippen LogP contribution in [0.4, 0.5) is 0 Å². The highest BCUT2D eigenvalue weighted by molar-refractivity contribution is 7.12. The Bertz CT molecular complexity index is 628. The van der Waals surface area contributed by atoms with Crippen LogP contribution in [-0.4, -0.2) is 7.11 Å². The minimum Gasteiger partial charge on any atom is -0.496 e. The van der Waals surface area contributed by atoms with Gasteiger partial charge in [-0.3, -0.25) is 0 Å². The number of ether oxygens (including phenoxy) is 1. The summed E-state index contributed by atoms with van der Waals surface area (Å²) in [6, 6.07) is 12.4. The molecular formula is C16H18N2OS. The van der Waals surface area contributed by atoms with Crippen LogP contribution in [0.2, 0.25) is 0 Å². The average Bonchev–Trinajstić information content (AvgIpc) is 2.92. The Labute approximate surface area is 123 Å². The molecule has 2 rings (SSSR count). The van der Waals surface area contributed by atoms with Crippen LogP contribution >= 0.6 is 11.3 Å². The molecule has 1 aromatic heterocycles. The Morgan fingerprint density at radius 1 is 1.35 bits per heavy atom. The van der Waals surface area contributed by atoms with Gasteiger partial charge in [-0.1, -0.05) is 17.7 Å². The van der Waals surface area contributed by atoms with Crippen LogP contribution in [0.25, 0.3) is 0 Å². The molecule has 0 saturated heterocycles. The van der Waals surface area contributed by atoms with Crippen molar-refractivity contribution < 1.29 is 4.74 Å². The molecule has 0 bridgehead atoms. The minimum atomic E-state index is 0.192. The van der Waals surface area contributed by atoms with Crippen molar-refractivity contribution in [3.05, 3.63) is 51.2 Å². The van der Waals surface area contributed by atoms with Crippen LogP contribution in [0.5, 0.6) is 5.75 Å². The van der Waals surface area contributed by atoms with Crippen LogP contribution in [0.3, 0.4) is 0 Å². The molecule has 20 heavy (non-hydrogen) atoms. The molecule has 1 heterocycles. The Morgan fingerprint density at radius 3 is 2.80 bits per heavy atom. The predicted molar refractivity (Wildman–Crippen MR) is 82.0 cm³/mol. The smallest absolute Gasteiger partial charge is 0.123 e. The summed E-state index contributed by atoms with van der Waals surface area (Å²) < 4.78 is 5.41. The molecule has 1 N–H and O–H groups in total. The van der Waals surface area contributed by atoms with Gasteiger partial charge in [0.15, 0.2) is 0 Å². The number of hydrogen-bond donors (Lipinski definition) is 1. The number of rotatable bonds is 5. The van der Waals surface area contributed by atoms with Gasteiger partial charge in [-0.2, -0.15) is 5.26 Å². The van der Waals surface area contributed by atoms with Gasteiger partial charge >= 0.3 is 0 Å². The Hall–Kier alpha value is -1.83. The van der Waals surface area contributed by atoms with E-state index in [4.69, 9.17) is 10.00 Å². The standard InChI is InChI=1S/C16H18N2OS/c1-11-4-7-16(19-3)15(8-11)12(2)18-10-14-6-5-13(9-17)20-14/h4-8,12,18H,10H2,1-3H3. The molecule has 0 aliphatic carbocycles. The number of hydrogen-bond acceptors (Lipinski definition) is 4. The van der Waals surface area contributed by atoms with Gasteiger partial charge < -0.3 is 10.1 Å². The third-order valence-corrected chi connectivity index (χ3v) is 4.20. The number of nitrogens with zero attached hydrogens (tertiary/aromatic N) is 1. The zero-order chi connectivity index (χ0) is 14.5. The van der Waals surface area contributed by atoms with Crippen LogP contribution in [0, 0.1) is 18.3 Å². The zero-order valence-corrected chi connectivity index (χ0v) is 12.8. The molecule has 0 radical (unpaired) electrons. The maximum Gasteiger partial charge on any atom is 0.123 e. The van der Waals surface area contributed by atoms with Gasteiger partial charge in [-0.25, -0.2) is 0 Å². The van der Waals surface area contributed by atoms with Crippen LogP contribution < -0.4 is 10.1 Å². The first-order chi connectivity index (χ1) is 9.63. The second-order valence-corrected chi connectivity index (χ2v) is 5.89. The van der Waals surface area contributed by atoms with Gasteiger partial charge in [0.25, 0.3) is 0 Å². The quantitative estimate of drug-likeness (QED) is 0.909. The molecule has 0 saturated carbocycles. The van der Waals surface area contributed by atoms with E-state index in [0.29, 0.717) is 0 Å². The molecule has 0 fully saturated rings. The number of aryl methyl sites for hydroxylation is 1.